The van der Waals surface area contributed by atoms with Gasteiger partial charge in [0.25, 0.3) is 0 Å². The third-order valence-corrected chi connectivity index (χ3v) is 5.05. The minimum absolute atomic E-state index is 0.106. The Morgan fingerprint density at radius 3 is 2.68 bits per heavy atom. The third kappa shape index (κ3) is 3.39. The summed E-state index contributed by atoms with van der Waals surface area (Å²) in [6.07, 6.45) is 4.38. The number of anilines is 1. The van der Waals surface area contributed by atoms with Crippen LogP contribution in [0.4, 0.5) is 5.69 Å². The van der Waals surface area contributed by atoms with Gasteiger partial charge in [-0.25, -0.2) is 0 Å². The van der Waals surface area contributed by atoms with Crippen LogP contribution in [0.2, 0.25) is 0 Å². The van der Waals surface area contributed by atoms with Gasteiger partial charge in [-0.15, -0.1) is 10.2 Å². The Bertz CT molecular complexity index is 883. The maximum absolute atomic E-state index is 12.5. The van der Waals surface area contributed by atoms with Gasteiger partial charge < -0.3 is 4.90 Å². The molecule has 3 heterocycles. The monoisotopic (exact) mass is 348 g/mol. The van der Waals surface area contributed by atoms with E-state index in [1.54, 1.807) is 12.4 Å². The number of carbonyl (C=O) groups is 1. The molecule has 0 saturated heterocycles. The minimum atomic E-state index is 0.106. The van der Waals surface area contributed by atoms with Crippen LogP contribution >= 0.6 is 11.8 Å². The fraction of sp³-hybridized carbons (Fsp3) is 0.158. The molecule has 0 aliphatic carbocycles. The van der Waals surface area contributed by atoms with E-state index in [9.17, 15) is 4.79 Å². The number of hydrogen-bond acceptors (Lipinski definition) is 5. The molecule has 124 valence electrons. The van der Waals surface area contributed by atoms with Gasteiger partial charge in [-0.1, -0.05) is 30.0 Å². The van der Waals surface area contributed by atoms with E-state index in [1.165, 1.54) is 17.3 Å². The molecule has 2 aromatic heterocycles. The molecule has 25 heavy (non-hydrogen) atoms. The standard InChI is InChI=1S/C19H16N4OS/c24-19(23-12-9-15-3-1-2-4-17(15)23)13-25-18-6-5-16(21-22-18)14-7-10-20-11-8-14/h1-8,10-11H,9,12-13H2. The SMILES string of the molecule is O=C(CSc1ccc(-c2ccncc2)nn1)N1CCc2ccccc21. The minimum Gasteiger partial charge on any atom is -0.311 e. The highest BCUT2D eigenvalue weighted by molar-refractivity contribution is 7.99. The summed E-state index contributed by atoms with van der Waals surface area (Å²) >= 11 is 1.42. The van der Waals surface area contributed by atoms with Crippen LogP contribution < -0.4 is 4.90 Å². The first-order valence-corrected chi connectivity index (χ1v) is 9.05. The lowest BCUT2D eigenvalue weighted by Crippen LogP contribution is -2.30. The summed E-state index contributed by atoms with van der Waals surface area (Å²) in [5.74, 6) is 0.465. The van der Waals surface area contributed by atoms with Crippen molar-refractivity contribution in [3.05, 3.63) is 66.5 Å². The normalized spacial score (nSPS) is 12.9. The van der Waals surface area contributed by atoms with Crippen LogP contribution in [0.3, 0.4) is 0 Å². The van der Waals surface area contributed by atoms with E-state index in [0.29, 0.717) is 5.75 Å². The van der Waals surface area contributed by atoms with Crippen molar-refractivity contribution in [3.8, 4) is 11.3 Å². The second-order valence-electron chi connectivity index (χ2n) is 5.71. The van der Waals surface area contributed by atoms with Crippen molar-refractivity contribution in [1.29, 1.82) is 0 Å². The number of nitrogens with zero attached hydrogens (tertiary/aromatic N) is 4. The smallest absolute Gasteiger partial charge is 0.237 e. The average molecular weight is 348 g/mol. The molecule has 0 N–H and O–H groups in total. The largest absolute Gasteiger partial charge is 0.311 e. The molecule has 1 aliphatic heterocycles. The number of pyridine rings is 1. The Labute approximate surface area is 150 Å². The van der Waals surface area contributed by atoms with Crippen LogP contribution in [0.25, 0.3) is 11.3 Å². The van der Waals surface area contributed by atoms with E-state index in [4.69, 9.17) is 0 Å². The van der Waals surface area contributed by atoms with Gasteiger partial charge in [-0.2, -0.15) is 0 Å². The summed E-state index contributed by atoms with van der Waals surface area (Å²) < 4.78 is 0. The van der Waals surface area contributed by atoms with Crippen LogP contribution in [0.1, 0.15) is 5.56 Å². The Morgan fingerprint density at radius 1 is 1.04 bits per heavy atom. The topological polar surface area (TPSA) is 59.0 Å². The van der Waals surface area contributed by atoms with Gasteiger partial charge in [-0.05, 0) is 42.3 Å². The van der Waals surface area contributed by atoms with Crippen LogP contribution in [0.5, 0.6) is 0 Å². The van der Waals surface area contributed by atoms with E-state index < -0.39 is 0 Å². The molecular formula is C19H16N4OS. The second-order valence-corrected chi connectivity index (χ2v) is 6.70. The number of hydrogen-bond donors (Lipinski definition) is 0. The van der Waals surface area contributed by atoms with Crippen LogP contribution in [0.15, 0.2) is 66.0 Å². The molecule has 1 amide bonds. The molecule has 6 heteroatoms. The van der Waals surface area contributed by atoms with E-state index in [0.717, 1.165) is 34.9 Å². The first kappa shape index (κ1) is 15.8. The molecule has 1 aliphatic rings. The van der Waals surface area contributed by atoms with Crippen LogP contribution in [-0.2, 0) is 11.2 Å². The number of aromatic nitrogens is 3. The Kier molecular flexibility index (Phi) is 4.43. The van der Waals surface area contributed by atoms with Gasteiger partial charge in [0, 0.05) is 30.2 Å². The van der Waals surface area contributed by atoms with Crippen molar-refractivity contribution < 1.29 is 4.79 Å². The van der Waals surface area contributed by atoms with Gasteiger partial charge in [0.1, 0.15) is 5.03 Å². The maximum atomic E-state index is 12.5. The highest BCUT2D eigenvalue weighted by Crippen LogP contribution is 2.28. The molecule has 0 bridgehead atoms. The summed E-state index contributed by atoms with van der Waals surface area (Å²) in [5, 5.41) is 9.21. The Hall–Kier alpha value is -2.73. The van der Waals surface area contributed by atoms with Crippen molar-refractivity contribution >= 4 is 23.4 Å². The zero-order chi connectivity index (χ0) is 17.1. The van der Waals surface area contributed by atoms with Crippen molar-refractivity contribution in [2.24, 2.45) is 0 Å². The molecule has 5 nitrogen and oxygen atoms in total. The second kappa shape index (κ2) is 7.03. The van der Waals surface area contributed by atoms with Crippen molar-refractivity contribution in [1.82, 2.24) is 15.2 Å². The van der Waals surface area contributed by atoms with Gasteiger partial charge in [-0.3, -0.25) is 9.78 Å². The molecule has 0 radical (unpaired) electrons. The average Bonchev–Trinajstić information content (AvgIpc) is 3.11. The molecule has 1 aromatic carbocycles. The summed E-state index contributed by atoms with van der Waals surface area (Å²) in [4.78, 5) is 18.4. The fourth-order valence-electron chi connectivity index (χ4n) is 2.88. The van der Waals surface area contributed by atoms with Crippen LogP contribution in [0, 0.1) is 0 Å². The number of fused-ring (bicyclic) bond motifs is 1. The number of rotatable bonds is 4. The molecule has 0 atom stereocenters. The Morgan fingerprint density at radius 2 is 1.88 bits per heavy atom. The van der Waals surface area contributed by atoms with E-state index in [2.05, 4.69) is 21.2 Å². The quantitative estimate of drug-likeness (QED) is 0.678. The number of benzene rings is 1. The predicted octanol–water partition coefficient (Wildman–Crippen LogP) is 3.22. The summed E-state index contributed by atoms with van der Waals surface area (Å²) in [6, 6.07) is 15.7. The lowest BCUT2D eigenvalue weighted by atomic mass is 10.2. The molecule has 4 rings (SSSR count). The van der Waals surface area contributed by atoms with Gasteiger partial charge >= 0.3 is 0 Å². The van der Waals surface area contributed by atoms with Crippen molar-refractivity contribution in [2.45, 2.75) is 11.4 Å². The van der Waals surface area contributed by atoms with E-state index in [1.807, 2.05) is 47.4 Å². The number of thioether (sulfide) groups is 1. The first-order valence-electron chi connectivity index (χ1n) is 8.06. The highest BCUT2D eigenvalue weighted by Gasteiger charge is 2.23. The zero-order valence-corrected chi connectivity index (χ0v) is 14.3. The van der Waals surface area contributed by atoms with Crippen LogP contribution in [-0.4, -0.2) is 33.4 Å². The predicted molar refractivity (Wildman–Crippen MR) is 98.5 cm³/mol. The molecular weight excluding hydrogens is 332 g/mol. The van der Waals surface area contributed by atoms with Crippen molar-refractivity contribution in [3.63, 3.8) is 0 Å². The molecule has 0 saturated carbocycles. The highest BCUT2D eigenvalue weighted by atomic mass is 32.2. The lowest BCUT2D eigenvalue weighted by molar-refractivity contribution is -0.116. The molecule has 0 spiro atoms. The summed E-state index contributed by atoms with van der Waals surface area (Å²) in [6.45, 7) is 0.755. The zero-order valence-electron chi connectivity index (χ0n) is 13.5. The maximum Gasteiger partial charge on any atom is 0.237 e. The van der Waals surface area contributed by atoms with Crippen molar-refractivity contribution in [2.75, 3.05) is 17.2 Å². The molecule has 3 aromatic rings. The summed E-state index contributed by atoms with van der Waals surface area (Å²) in [7, 11) is 0. The number of amides is 1. The number of para-hydroxylation sites is 1. The fourth-order valence-corrected chi connectivity index (χ4v) is 3.57. The third-order valence-electron chi connectivity index (χ3n) is 4.15. The van der Waals surface area contributed by atoms with Gasteiger partial charge in [0.2, 0.25) is 5.91 Å². The summed E-state index contributed by atoms with van der Waals surface area (Å²) in [5.41, 5.74) is 4.05. The molecule has 0 fully saturated rings. The molecule has 0 unspecified atom stereocenters. The van der Waals surface area contributed by atoms with E-state index >= 15 is 0 Å². The lowest BCUT2D eigenvalue weighted by Gasteiger charge is -2.16. The first-order chi connectivity index (χ1) is 12.3. The van der Waals surface area contributed by atoms with Gasteiger partial charge in [0.05, 0.1) is 11.4 Å². The Balaban J connectivity index is 1.40. The van der Waals surface area contributed by atoms with E-state index in [-0.39, 0.29) is 5.91 Å². The number of carbonyl (C=O) groups excluding carboxylic acids is 1. The van der Waals surface area contributed by atoms with Gasteiger partial charge in [0.15, 0.2) is 0 Å².